The SMILES string of the molecule is CCC(CC)C(CNCC1CCCCN1C)N(C)C. The molecule has 3 heteroatoms. The van der Waals surface area contributed by atoms with Crippen LogP contribution in [0.15, 0.2) is 0 Å². The highest BCUT2D eigenvalue weighted by molar-refractivity contribution is 4.80. The smallest absolute Gasteiger partial charge is 0.0242 e. The molecule has 1 aliphatic heterocycles. The Hall–Kier alpha value is -0.120. The second-order valence-corrected chi connectivity index (χ2v) is 6.40. The standard InChI is InChI=1S/C16H35N3/c1-6-14(7-2)16(18(3)4)13-17-12-15-10-8-9-11-19(15)5/h14-17H,6-13H2,1-5H3. The Kier molecular flexibility index (Phi) is 7.96. The second kappa shape index (κ2) is 8.93. The van der Waals surface area contributed by atoms with Crippen LogP contribution in [0, 0.1) is 5.92 Å². The molecular formula is C16H35N3. The van der Waals surface area contributed by atoms with Gasteiger partial charge in [0.15, 0.2) is 0 Å². The molecule has 0 aromatic heterocycles. The van der Waals surface area contributed by atoms with E-state index in [0.717, 1.165) is 25.0 Å². The summed E-state index contributed by atoms with van der Waals surface area (Å²) in [5.74, 6) is 0.812. The highest BCUT2D eigenvalue weighted by atomic mass is 15.2. The lowest BCUT2D eigenvalue weighted by Gasteiger charge is -2.35. The van der Waals surface area contributed by atoms with Crippen LogP contribution in [0.2, 0.25) is 0 Å². The van der Waals surface area contributed by atoms with Crippen LogP contribution < -0.4 is 5.32 Å². The first-order chi connectivity index (χ1) is 9.10. The van der Waals surface area contributed by atoms with Gasteiger partial charge in [-0.2, -0.15) is 0 Å². The number of hydrogen-bond acceptors (Lipinski definition) is 3. The fourth-order valence-corrected chi connectivity index (χ4v) is 3.40. The highest BCUT2D eigenvalue weighted by Crippen LogP contribution is 2.17. The van der Waals surface area contributed by atoms with Crippen molar-refractivity contribution in [1.82, 2.24) is 15.1 Å². The van der Waals surface area contributed by atoms with Crippen LogP contribution in [-0.4, -0.2) is 62.7 Å². The van der Waals surface area contributed by atoms with Crippen LogP contribution in [0.3, 0.4) is 0 Å². The molecule has 1 heterocycles. The predicted octanol–water partition coefficient (Wildman–Crippen LogP) is 2.43. The molecule has 3 nitrogen and oxygen atoms in total. The number of hydrogen-bond donors (Lipinski definition) is 1. The van der Waals surface area contributed by atoms with Crippen LogP contribution in [-0.2, 0) is 0 Å². The molecule has 2 unspecified atom stereocenters. The van der Waals surface area contributed by atoms with Gasteiger partial charge in [0.25, 0.3) is 0 Å². The van der Waals surface area contributed by atoms with Gasteiger partial charge in [-0.15, -0.1) is 0 Å². The maximum atomic E-state index is 3.73. The summed E-state index contributed by atoms with van der Waals surface area (Å²) in [4.78, 5) is 4.92. The number of rotatable bonds is 8. The Morgan fingerprint density at radius 1 is 1.21 bits per heavy atom. The van der Waals surface area contributed by atoms with E-state index in [4.69, 9.17) is 0 Å². The molecule has 1 saturated heterocycles. The lowest BCUT2D eigenvalue weighted by molar-refractivity contribution is 0.163. The van der Waals surface area contributed by atoms with Gasteiger partial charge in [-0.3, -0.25) is 0 Å². The first kappa shape index (κ1) is 16.9. The molecule has 0 aromatic rings. The van der Waals surface area contributed by atoms with Crippen molar-refractivity contribution in [3.8, 4) is 0 Å². The molecule has 1 fully saturated rings. The third-order valence-corrected chi connectivity index (χ3v) is 4.91. The van der Waals surface area contributed by atoms with Crippen molar-refractivity contribution in [2.45, 2.75) is 58.0 Å². The maximum Gasteiger partial charge on any atom is 0.0242 e. The zero-order valence-corrected chi connectivity index (χ0v) is 13.8. The van der Waals surface area contributed by atoms with Crippen molar-refractivity contribution in [2.75, 3.05) is 40.8 Å². The Morgan fingerprint density at radius 3 is 2.42 bits per heavy atom. The molecule has 0 bridgehead atoms. The number of likely N-dealkylation sites (N-methyl/N-ethyl adjacent to an activating group) is 2. The maximum absolute atomic E-state index is 3.73. The van der Waals surface area contributed by atoms with E-state index in [1.54, 1.807) is 0 Å². The van der Waals surface area contributed by atoms with Gasteiger partial charge in [0.2, 0.25) is 0 Å². The minimum Gasteiger partial charge on any atom is -0.314 e. The van der Waals surface area contributed by atoms with Gasteiger partial charge in [-0.1, -0.05) is 33.1 Å². The zero-order chi connectivity index (χ0) is 14.3. The van der Waals surface area contributed by atoms with Gasteiger partial charge >= 0.3 is 0 Å². The molecule has 0 radical (unpaired) electrons. The van der Waals surface area contributed by atoms with Gasteiger partial charge in [-0.05, 0) is 46.4 Å². The molecule has 0 aliphatic carbocycles. The van der Waals surface area contributed by atoms with Crippen molar-refractivity contribution in [3.05, 3.63) is 0 Å². The number of likely N-dealkylation sites (tertiary alicyclic amines) is 1. The summed E-state index contributed by atoms with van der Waals surface area (Å²) in [7, 11) is 6.71. The summed E-state index contributed by atoms with van der Waals surface area (Å²) in [6, 6.07) is 1.42. The van der Waals surface area contributed by atoms with Crippen molar-refractivity contribution in [3.63, 3.8) is 0 Å². The summed E-state index contributed by atoms with van der Waals surface area (Å²) >= 11 is 0. The minimum absolute atomic E-state index is 0.670. The molecule has 0 saturated carbocycles. The first-order valence-electron chi connectivity index (χ1n) is 8.17. The molecule has 1 rings (SSSR count). The van der Waals surface area contributed by atoms with E-state index >= 15 is 0 Å². The number of nitrogens with one attached hydrogen (secondary N) is 1. The molecule has 2 atom stereocenters. The predicted molar refractivity (Wildman–Crippen MR) is 84.7 cm³/mol. The van der Waals surface area contributed by atoms with E-state index in [1.807, 2.05) is 0 Å². The topological polar surface area (TPSA) is 18.5 Å². The van der Waals surface area contributed by atoms with Crippen LogP contribution in [0.1, 0.15) is 46.0 Å². The van der Waals surface area contributed by atoms with Gasteiger partial charge < -0.3 is 15.1 Å². The van der Waals surface area contributed by atoms with Crippen molar-refractivity contribution in [2.24, 2.45) is 5.92 Å². The Bertz CT molecular complexity index is 226. The van der Waals surface area contributed by atoms with Gasteiger partial charge in [0.1, 0.15) is 0 Å². The summed E-state index contributed by atoms with van der Waals surface area (Å²) < 4.78 is 0. The Balaban J connectivity index is 2.35. The fourth-order valence-electron chi connectivity index (χ4n) is 3.40. The molecule has 0 spiro atoms. The van der Waals surface area contributed by atoms with Gasteiger partial charge in [0, 0.05) is 25.2 Å². The molecule has 114 valence electrons. The van der Waals surface area contributed by atoms with Crippen LogP contribution >= 0.6 is 0 Å². The van der Waals surface area contributed by atoms with Crippen molar-refractivity contribution >= 4 is 0 Å². The average molecular weight is 269 g/mol. The van der Waals surface area contributed by atoms with Crippen molar-refractivity contribution < 1.29 is 0 Å². The highest BCUT2D eigenvalue weighted by Gasteiger charge is 2.22. The third-order valence-electron chi connectivity index (χ3n) is 4.91. The summed E-state index contributed by atoms with van der Waals surface area (Å²) in [5, 5.41) is 3.73. The summed E-state index contributed by atoms with van der Waals surface area (Å²) in [5.41, 5.74) is 0. The van der Waals surface area contributed by atoms with E-state index in [2.05, 4.69) is 50.1 Å². The lowest BCUT2D eigenvalue weighted by atomic mass is 9.93. The monoisotopic (exact) mass is 269 g/mol. The summed E-state index contributed by atoms with van der Waals surface area (Å²) in [6.45, 7) is 8.19. The van der Waals surface area contributed by atoms with E-state index in [1.165, 1.54) is 38.6 Å². The van der Waals surface area contributed by atoms with E-state index in [0.29, 0.717) is 6.04 Å². The quantitative estimate of drug-likeness (QED) is 0.730. The van der Waals surface area contributed by atoms with E-state index < -0.39 is 0 Å². The molecular weight excluding hydrogens is 234 g/mol. The zero-order valence-electron chi connectivity index (χ0n) is 13.8. The second-order valence-electron chi connectivity index (χ2n) is 6.40. The Labute approximate surface area is 120 Å². The summed E-state index contributed by atoms with van der Waals surface area (Å²) in [6.07, 6.45) is 6.71. The third kappa shape index (κ3) is 5.41. The van der Waals surface area contributed by atoms with Gasteiger partial charge in [0.05, 0.1) is 0 Å². The van der Waals surface area contributed by atoms with Crippen LogP contribution in [0.4, 0.5) is 0 Å². The minimum atomic E-state index is 0.670. The molecule has 1 aliphatic rings. The Morgan fingerprint density at radius 2 is 1.89 bits per heavy atom. The number of piperidine rings is 1. The van der Waals surface area contributed by atoms with Gasteiger partial charge in [-0.25, -0.2) is 0 Å². The molecule has 0 amide bonds. The van der Waals surface area contributed by atoms with E-state index in [9.17, 15) is 0 Å². The fraction of sp³-hybridized carbons (Fsp3) is 1.00. The largest absolute Gasteiger partial charge is 0.314 e. The van der Waals surface area contributed by atoms with E-state index in [-0.39, 0.29) is 0 Å². The van der Waals surface area contributed by atoms with Crippen LogP contribution in [0.5, 0.6) is 0 Å². The lowest BCUT2D eigenvalue weighted by Crippen LogP contribution is -2.48. The normalized spacial score (nSPS) is 23.2. The first-order valence-corrected chi connectivity index (χ1v) is 8.17. The molecule has 19 heavy (non-hydrogen) atoms. The van der Waals surface area contributed by atoms with Crippen molar-refractivity contribution in [1.29, 1.82) is 0 Å². The van der Waals surface area contributed by atoms with Crippen LogP contribution in [0.25, 0.3) is 0 Å². The molecule has 0 aromatic carbocycles. The molecule has 1 N–H and O–H groups in total. The number of nitrogens with zero attached hydrogens (tertiary/aromatic N) is 2. The average Bonchev–Trinajstić information content (AvgIpc) is 2.40.